The summed E-state index contributed by atoms with van der Waals surface area (Å²) in [5, 5.41) is 2.55. The minimum Gasteiger partial charge on any atom is -0.390 e. The lowest BCUT2D eigenvalue weighted by atomic mass is 10.2. The molecule has 14 heavy (non-hydrogen) atoms. The minimum atomic E-state index is 0.0475. The molecule has 4 heteroatoms. The Bertz CT molecular complexity index is 309. The van der Waals surface area contributed by atoms with Crippen LogP contribution in [-0.4, -0.2) is 23.9 Å². The largest absolute Gasteiger partial charge is 0.390 e. The van der Waals surface area contributed by atoms with Gasteiger partial charge in [-0.25, -0.2) is 0 Å². The maximum Gasteiger partial charge on any atom is 0.257 e. The number of carbonyl (C=O) groups is 1. The highest BCUT2D eigenvalue weighted by Crippen LogP contribution is 2.25. The normalized spacial score (nSPS) is 10.2. The lowest BCUT2D eigenvalue weighted by Crippen LogP contribution is -2.31. The molecule has 78 valence electrons. The summed E-state index contributed by atoms with van der Waals surface area (Å²) < 4.78 is 0. The third-order valence-electron chi connectivity index (χ3n) is 2.27. The number of nitrogens with zero attached hydrogens (tertiary/aromatic N) is 1. The van der Waals surface area contributed by atoms with Crippen molar-refractivity contribution in [1.82, 2.24) is 4.90 Å². The Morgan fingerprint density at radius 1 is 1.50 bits per heavy atom. The van der Waals surface area contributed by atoms with Gasteiger partial charge >= 0.3 is 0 Å². The van der Waals surface area contributed by atoms with E-state index in [4.69, 9.17) is 5.73 Å². The SMILES string of the molecule is CCN(CC)C(=O)c1c(C)csc1N. The monoisotopic (exact) mass is 212 g/mol. The maximum absolute atomic E-state index is 12.0. The lowest BCUT2D eigenvalue weighted by molar-refractivity contribution is 0.0774. The molecule has 0 radical (unpaired) electrons. The van der Waals surface area contributed by atoms with Crippen LogP contribution in [0.25, 0.3) is 0 Å². The van der Waals surface area contributed by atoms with Crippen molar-refractivity contribution in [1.29, 1.82) is 0 Å². The van der Waals surface area contributed by atoms with Gasteiger partial charge in [-0.15, -0.1) is 11.3 Å². The summed E-state index contributed by atoms with van der Waals surface area (Å²) in [5.74, 6) is 0.0475. The molecule has 1 amide bonds. The van der Waals surface area contributed by atoms with Crippen molar-refractivity contribution in [3.05, 3.63) is 16.5 Å². The van der Waals surface area contributed by atoms with E-state index in [-0.39, 0.29) is 5.91 Å². The Labute approximate surface area is 88.5 Å². The molecule has 0 spiro atoms. The predicted octanol–water partition coefficient (Wildman–Crippen LogP) is 2.12. The van der Waals surface area contributed by atoms with Crippen LogP contribution in [-0.2, 0) is 0 Å². The second kappa shape index (κ2) is 4.46. The summed E-state index contributed by atoms with van der Waals surface area (Å²) in [6.45, 7) is 7.32. The fourth-order valence-corrected chi connectivity index (χ4v) is 2.19. The number of nitrogen functional groups attached to an aromatic ring is 1. The van der Waals surface area contributed by atoms with Crippen LogP contribution in [0.3, 0.4) is 0 Å². The van der Waals surface area contributed by atoms with Gasteiger partial charge < -0.3 is 10.6 Å². The van der Waals surface area contributed by atoms with Crippen molar-refractivity contribution in [3.8, 4) is 0 Å². The molecule has 0 unspecified atom stereocenters. The highest BCUT2D eigenvalue weighted by molar-refractivity contribution is 7.14. The molecule has 0 aliphatic carbocycles. The molecule has 0 bridgehead atoms. The molecule has 0 saturated heterocycles. The molecule has 0 fully saturated rings. The van der Waals surface area contributed by atoms with E-state index in [1.165, 1.54) is 11.3 Å². The third-order valence-corrected chi connectivity index (χ3v) is 3.20. The molecule has 0 aliphatic heterocycles. The van der Waals surface area contributed by atoms with Gasteiger partial charge in [0.2, 0.25) is 0 Å². The van der Waals surface area contributed by atoms with Gasteiger partial charge in [-0.1, -0.05) is 0 Å². The van der Waals surface area contributed by atoms with Gasteiger partial charge in [0.1, 0.15) is 0 Å². The summed E-state index contributed by atoms with van der Waals surface area (Å²) in [4.78, 5) is 13.7. The first-order valence-electron chi connectivity index (χ1n) is 4.74. The highest BCUT2D eigenvalue weighted by Gasteiger charge is 2.18. The van der Waals surface area contributed by atoms with E-state index >= 15 is 0 Å². The Hall–Kier alpha value is -1.03. The Balaban J connectivity index is 2.99. The van der Waals surface area contributed by atoms with Gasteiger partial charge in [-0.3, -0.25) is 4.79 Å². The first-order valence-corrected chi connectivity index (χ1v) is 5.62. The summed E-state index contributed by atoms with van der Waals surface area (Å²) in [5.41, 5.74) is 7.42. The second-order valence-electron chi connectivity index (χ2n) is 3.14. The molecule has 1 rings (SSSR count). The Morgan fingerprint density at radius 2 is 2.07 bits per heavy atom. The van der Waals surface area contributed by atoms with Crippen molar-refractivity contribution in [3.63, 3.8) is 0 Å². The van der Waals surface area contributed by atoms with E-state index in [1.54, 1.807) is 4.90 Å². The van der Waals surface area contributed by atoms with Crippen LogP contribution in [0, 0.1) is 6.92 Å². The number of rotatable bonds is 3. The summed E-state index contributed by atoms with van der Waals surface area (Å²) in [6, 6.07) is 0. The number of carbonyl (C=O) groups excluding carboxylic acids is 1. The zero-order valence-electron chi connectivity index (χ0n) is 8.83. The Kier molecular flexibility index (Phi) is 3.52. The molecule has 1 aromatic rings. The first-order chi connectivity index (χ1) is 6.61. The van der Waals surface area contributed by atoms with E-state index in [0.717, 1.165) is 18.7 Å². The van der Waals surface area contributed by atoms with Crippen molar-refractivity contribution in [2.45, 2.75) is 20.8 Å². The second-order valence-corrected chi connectivity index (χ2v) is 4.05. The molecular formula is C10H16N2OS. The lowest BCUT2D eigenvalue weighted by Gasteiger charge is -2.18. The van der Waals surface area contributed by atoms with E-state index in [2.05, 4.69) is 0 Å². The minimum absolute atomic E-state index is 0.0475. The van der Waals surface area contributed by atoms with E-state index in [9.17, 15) is 4.79 Å². The topological polar surface area (TPSA) is 46.3 Å². The maximum atomic E-state index is 12.0. The zero-order valence-corrected chi connectivity index (χ0v) is 9.65. The summed E-state index contributed by atoms with van der Waals surface area (Å²) >= 11 is 1.43. The summed E-state index contributed by atoms with van der Waals surface area (Å²) in [6.07, 6.45) is 0. The number of anilines is 1. The molecular weight excluding hydrogens is 196 g/mol. The number of amides is 1. The summed E-state index contributed by atoms with van der Waals surface area (Å²) in [7, 11) is 0. The van der Waals surface area contributed by atoms with E-state index in [0.29, 0.717) is 10.6 Å². The van der Waals surface area contributed by atoms with Crippen LogP contribution in [0.5, 0.6) is 0 Å². The smallest absolute Gasteiger partial charge is 0.257 e. The van der Waals surface area contributed by atoms with Crippen molar-refractivity contribution in [2.75, 3.05) is 18.8 Å². The van der Waals surface area contributed by atoms with Crippen LogP contribution >= 0.6 is 11.3 Å². The van der Waals surface area contributed by atoms with Crippen LogP contribution in [0.1, 0.15) is 29.8 Å². The van der Waals surface area contributed by atoms with Gasteiger partial charge in [0, 0.05) is 13.1 Å². The molecule has 0 aliphatic rings. The number of hydrogen-bond donors (Lipinski definition) is 1. The first kappa shape index (κ1) is 11.0. The number of aryl methyl sites for hydroxylation is 1. The zero-order chi connectivity index (χ0) is 10.7. The molecule has 0 aromatic carbocycles. The number of hydrogen-bond acceptors (Lipinski definition) is 3. The van der Waals surface area contributed by atoms with Gasteiger partial charge in [0.25, 0.3) is 5.91 Å². The fraction of sp³-hybridized carbons (Fsp3) is 0.500. The molecule has 1 aromatic heterocycles. The van der Waals surface area contributed by atoms with E-state index < -0.39 is 0 Å². The van der Waals surface area contributed by atoms with Gasteiger partial charge in [0.15, 0.2) is 0 Å². The average molecular weight is 212 g/mol. The van der Waals surface area contributed by atoms with Crippen molar-refractivity contribution >= 4 is 22.2 Å². The van der Waals surface area contributed by atoms with Crippen LogP contribution in [0.4, 0.5) is 5.00 Å². The van der Waals surface area contributed by atoms with Gasteiger partial charge in [0.05, 0.1) is 10.6 Å². The number of thiophene rings is 1. The number of nitrogens with two attached hydrogens (primary N) is 1. The van der Waals surface area contributed by atoms with Gasteiger partial charge in [-0.05, 0) is 31.7 Å². The van der Waals surface area contributed by atoms with Crippen molar-refractivity contribution in [2.24, 2.45) is 0 Å². The van der Waals surface area contributed by atoms with E-state index in [1.807, 2.05) is 26.2 Å². The standard InChI is InChI=1S/C10H16N2OS/c1-4-12(5-2)10(13)8-7(3)6-14-9(8)11/h6H,4-5,11H2,1-3H3. The molecule has 3 nitrogen and oxygen atoms in total. The molecule has 2 N–H and O–H groups in total. The molecule has 0 atom stereocenters. The average Bonchev–Trinajstić information content (AvgIpc) is 2.48. The van der Waals surface area contributed by atoms with Gasteiger partial charge in [-0.2, -0.15) is 0 Å². The fourth-order valence-electron chi connectivity index (χ4n) is 1.41. The third kappa shape index (κ3) is 1.90. The highest BCUT2D eigenvalue weighted by atomic mass is 32.1. The predicted molar refractivity (Wildman–Crippen MR) is 60.7 cm³/mol. The molecule has 1 heterocycles. The Morgan fingerprint density at radius 3 is 2.43 bits per heavy atom. The quantitative estimate of drug-likeness (QED) is 0.834. The van der Waals surface area contributed by atoms with Crippen LogP contribution in [0.2, 0.25) is 0 Å². The van der Waals surface area contributed by atoms with Crippen LogP contribution < -0.4 is 5.73 Å². The van der Waals surface area contributed by atoms with Crippen molar-refractivity contribution < 1.29 is 4.79 Å². The van der Waals surface area contributed by atoms with Crippen LogP contribution in [0.15, 0.2) is 5.38 Å². The molecule has 0 saturated carbocycles.